The van der Waals surface area contributed by atoms with Crippen LogP contribution in [0.3, 0.4) is 0 Å². The summed E-state index contributed by atoms with van der Waals surface area (Å²) in [6, 6.07) is 14.5. The molecule has 25 heavy (non-hydrogen) atoms. The van der Waals surface area contributed by atoms with Crippen molar-refractivity contribution in [2.45, 2.75) is 12.5 Å². The molecular weight excluding hydrogens is 316 g/mol. The fraction of sp³-hybridized carbons (Fsp3) is 0.350. The van der Waals surface area contributed by atoms with Gasteiger partial charge < -0.3 is 19.7 Å². The average Bonchev–Trinajstić information content (AvgIpc) is 3.00. The van der Waals surface area contributed by atoms with E-state index < -0.39 is 0 Å². The van der Waals surface area contributed by atoms with Crippen molar-refractivity contribution in [2.75, 3.05) is 38.7 Å². The number of nitrogens with zero attached hydrogens (tertiary/aromatic N) is 1. The second kappa shape index (κ2) is 6.86. The van der Waals surface area contributed by atoms with Gasteiger partial charge in [0.05, 0.1) is 25.9 Å². The molecule has 1 heterocycles. The number of benzene rings is 2. The Balaban J connectivity index is 1.45. The first-order valence-corrected chi connectivity index (χ1v) is 8.62. The van der Waals surface area contributed by atoms with Crippen LogP contribution >= 0.6 is 0 Å². The van der Waals surface area contributed by atoms with Crippen LogP contribution in [0.25, 0.3) is 11.1 Å². The van der Waals surface area contributed by atoms with E-state index in [9.17, 15) is 4.79 Å². The number of morpholine rings is 1. The van der Waals surface area contributed by atoms with Crippen LogP contribution in [0.1, 0.15) is 11.1 Å². The van der Waals surface area contributed by atoms with E-state index in [1.54, 1.807) is 12.0 Å². The molecule has 130 valence electrons. The zero-order chi connectivity index (χ0) is 17.2. The second-order valence-electron chi connectivity index (χ2n) is 6.53. The number of ether oxygens (including phenoxy) is 2. The molecule has 0 radical (unpaired) electrons. The van der Waals surface area contributed by atoms with E-state index in [2.05, 4.69) is 41.7 Å². The maximum atomic E-state index is 12.6. The van der Waals surface area contributed by atoms with E-state index in [4.69, 9.17) is 9.47 Å². The van der Waals surface area contributed by atoms with E-state index in [1.165, 1.54) is 22.3 Å². The number of carbonyl (C=O) groups excluding carboxylic acids is 1. The molecule has 1 unspecified atom stereocenters. The van der Waals surface area contributed by atoms with Gasteiger partial charge in [0.1, 0.15) is 0 Å². The first-order valence-electron chi connectivity index (χ1n) is 8.62. The van der Waals surface area contributed by atoms with Gasteiger partial charge >= 0.3 is 6.03 Å². The highest BCUT2D eigenvalue weighted by Gasteiger charge is 2.25. The van der Waals surface area contributed by atoms with Crippen LogP contribution in [-0.2, 0) is 15.9 Å². The predicted molar refractivity (Wildman–Crippen MR) is 96.9 cm³/mol. The molecule has 1 saturated heterocycles. The molecular formula is C20H22N2O3. The van der Waals surface area contributed by atoms with Gasteiger partial charge in [0.2, 0.25) is 0 Å². The van der Waals surface area contributed by atoms with E-state index in [1.807, 2.05) is 6.07 Å². The van der Waals surface area contributed by atoms with Crippen LogP contribution in [0.2, 0.25) is 0 Å². The van der Waals surface area contributed by atoms with E-state index >= 15 is 0 Å². The number of amides is 2. The molecule has 2 aromatic carbocycles. The number of hydrogen-bond acceptors (Lipinski definition) is 3. The molecule has 1 fully saturated rings. The van der Waals surface area contributed by atoms with Crippen LogP contribution in [0.15, 0.2) is 42.5 Å². The molecule has 2 amide bonds. The van der Waals surface area contributed by atoms with Crippen molar-refractivity contribution in [2.24, 2.45) is 0 Å². The van der Waals surface area contributed by atoms with Gasteiger partial charge in [0.15, 0.2) is 0 Å². The minimum absolute atomic E-state index is 0.0565. The number of urea groups is 1. The zero-order valence-corrected chi connectivity index (χ0v) is 14.3. The van der Waals surface area contributed by atoms with Crippen molar-refractivity contribution >= 4 is 11.7 Å². The van der Waals surface area contributed by atoms with Gasteiger partial charge in [-0.3, -0.25) is 0 Å². The highest BCUT2D eigenvalue weighted by atomic mass is 16.5. The topological polar surface area (TPSA) is 50.8 Å². The third kappa shape index (κ3) is 3.25. The fourth-order valence-corrected chi connectivity index (χ4v) is 3.62. The fourth-order valence-electron chi connectivity index (χ4n) is 3.62. The third-order valence-corrected chi connectivity index (χ3v) is 4.82. The lowest BCUT2D eigenvalue weighted by atomic mass is 10.1. The number of methoxy groups -OCH3 is 1. The lowest BCUT2D eigenvalue weighted by molar-refractivity contribution is -0.0481. The Kier molecular flexibility index (Phi) is 4.42. The Bertz CT molecular complexity index is 788. The molecule has 0 saturated carbocycles. The molecule has 0 bridgehead atoms. The largest absolute Gasteiger partial charge is 0.382 e. The average molecular weight is 338 g/mol. The maximum Gasteiger partial charge on any atom is 0.322 e. The number of anilines is 1. The summed E-state index contributed by atoms with van der Waals surface area (Å²) in [5.41, 5.74) is 6.01. The highest BCUT2D eigenvalue weighted by molar-refractivity contribution is 5.90. The van der Waals surface area contributed by atoms with Gasteiger partial charge in [-0.05, 0) is 40.8 Å². The number of nitrogens with one attached hydrogen (secondary N) is 1. The summed E-state index contributed by atoms with van der Waals surface area (Å²) in [6.07, 6.45) is 0.863. The van der Waals surface area contributed by atoms with Crippen LogP contribution < -0.4 is 5.32 Å². The van der Waals surface area contributed by atoms with Gasteiger partial charge in [0.25, 0.3) is 0 Å². The van der Waals surface area contributed by atoms with Crippen LogP contribution in [0.4, 0.5) is 10.5 Å². The number of rotatable bonds is 3. The Labute approximate surface area is 147 Å². The summed E-state index contributed by atoms with van der Waals surface area (Å²) in [5, 5.41) is 3.02. The molecule has 0 aromatic heterocycles. The van der Waals surface area contributed by atoms with Crippen molar-refractivity contribution in [3.63, 3.8) is 0 Å². The first kappa shape index (κ1) is 16.1. The van der Waals surface area contributed by atoms with Crippen LogP contribution in [0.5, 0.6) is 0 Å². The third-order valence-electron chi connectivity index (χ3n) is 4.82. The summed E-state index contributed by atoms with van der Waals surface area (Å²) in [7, 11) is 1.64. The van der Waals surface area contributed by atoms with E-state index in [0.717, 1.165) is 12.1 Å². The lowest BCUT2D eigenvalue weighted by Crippen LogP contribution is -2.48. The molecule has 1 N–H and O–H groups in total. The molecule has 1 atom stereocenters. The summed E-state index contributed by atoms with van der Waals surface area (Å²) in [4.78, 5) is 14.3. The van der Waals surface area contributed by atoms with Gasteiger partial charge in [-0.25, -0.2) is 4.79 Å². The molecule has 1 aliphatic heterocycles. The summed E-state index contributed by atoms with van der Waals surface area (Å²) < 4.78 is 10.7. The standard InChI is InChI=1S/C20H22N2O3/c1-24-13-17-12-22(8-9-25-17)20(23)21-16-6-7-19-15(11-16)10-14-4-2-3-5-18(14)19/h2-7,11,17H,8-10,12-13H2,1H3,(H,21,23). The van der Waals surface area contributed by atoms with Gasteiger partial charge in [-0.1, -0.05) is 30.3 Å². The summed E-state index contributed by atoms with van der Waals surface area (Å²) in [6.45, 7) is 2.19. The Morgan fingerprint density at radius 1 is 1.24 bits per heavy atom. The Morgan fingerprint density at radius 2 is 2.08 bits per heavy atom. The molecule has 2 aliphatic rings. The monoisotopic (exact) mass is 338 g/mol. The highest BCUT2D eigenvalue weighted by Crippen LogP contribution is 2.37. The van der Waals surface area contributed by atoms with E-state index in [0.29, 0.717) is 26.3 Å². The molecule has 2 aromatic rings. The summed E-state index contributed by atoms with van der Waals surface area (Å²) >= 11 is 0. The smallest absolute Gasteiger partial charge is 0.322 e. The van der Waals surface area contributed by atoms with Crippen molar-refractivity contribution in [1.29, 1.82) is 0 Å². The van der Waals surface area contributed by atoms with Gasteiger partial charge in [0, 0.05) is 19.3 Å². The molecule has 5 heteroatoms. The molecule has 1 aliphatic carbocycles. The number of hydrogen-bond donors (Lipinski definition) is 1. The van der Waals surface area contributed by atoms with Crippen LogP contribution in [-0.4, -0.2) is 50.4 Å². The van der Waals surface area contributed by atoms with Gasteiger partial charge in [-0.2, -0.15) is 0 Å². The normalized spacial score (nSPS) is 18.6. The Hall–Kier alpha value is -2.37. The molecule has 5 nitrogen and oxygen atoms in total. The maximum absolute atomic E-state index is 12.6. The van der Waals surface area contributed by atoms with Gasteiger partial charge in [-0.15, -0.1) is 0 Å². The van der Waals surface area contributed by atoms with Crippen molar-refractivity contribution in [3.8, 4) is 11.1 Å². The lowest BCUT2D eigenvalue weighted by Gasteiger charge is -2.32. The number of carbonyl (C=O) groups is 1. The Morgan fingerprint density at radius 3 is 2.96 bits per heavy atom. The zero-order valence-electron chi connectivity index (χ0n) is 14.3. The second-order valence-corrected chi connectivity index (χ2v) is 6.53. The van der Waals surface area contributed by atoms with Crippen molar-refractivity contribution in [1.82, 2.24) is 4.90 Å². The van der Waals surface area contributed by atoms with Crippen molar-refractivity contribution in [3.05, 3.63) is 53.6 Å². The molecule has 0 spiro atoms. The van der Waals surface area contributed by atoms with Crippen molar-refractivity contribution < 1.29 is 14.3 Å². The molecule has 4 rings (SSSR count). The minimum Gasteiger partial charge on any atom is -0.382 e. The SMILES string of the molecule is COCC1CN(C(=O)Nc2ccc3c(c2)Cc2ccccc2-3)CCO1. The minimum atomic E-state index is -0.0835. The van der Waals surface area contributed by atoms with E-state index in [-0.39, 0.29) is 12.1 Å². The summed E-state index contributed by atoms with van der Waals surface area (Å²) in [5.74, 6) is 0. The number of fused-ring (bicyclic) bond motifs is 3. The quantitative estimate of drug-likeness (QED) is 0.798. The predicted octanol–water partition coefficient (Wildman–Crippen LogP) is 3.14. The van der Waals surface area contributed by atoms with Crippen LogP contribution in [0, 0.1) is 0 Å². The first-order chi connectivity index (χ1) is 12.2.